The molecule has 1 heterocycles. The minimum absolute atomic E-state index is 0.104. The lowest BCUT2D eigenvalue weighted by atomic mass is 10.0. The maximum absolute atomic E-state index is 12.0. The van der Waals surface area contributed by atoms with Gasteiger partial charge in [-0.15, -0.1) is 0 Å². The molecule has 6 nitrogen and oxygen atoms in total. The van der Waals surface area contributed by atoms with Gasteiger partial charge in [0.2, 0.25) is 5.91 Å². The molecule has 0 atom stereocenters. The molecule has 0 unspecified atom stereocenters. The number of para-hydroxylation sites is 1. The Labute approximate surface area is 170 Å². The Bertz CT molecular complexity index is 969. The first-order chi connectivity index (χ1) is 13.8. The smallest absolute Gasteiger partial charge is 0.258 e. The molecule has 1 aliphatic rings. The number of fused-ring (bicyclic) bond motifs is 1. The van der Waals surface area contributed by atoms with Crippen LogP contribution in [0.15, 0.2) is 42.5 Å². The Hall–Kier alpha value is -3.46. The standard InChI is InChI=1S/C23H24N2O4/c1-16(26)25-19-11-9-17(10-12-19)6-5-13-24-21(27)15-28-20-8-4-7-18-14-23(2,3)29-22(18)20/h4,7-12H,13-15H2,1-3H3,(H,24,27)(H,25,26). The summed E-state index contributed by atoms with van der Waals surface area (Å²) >= 11 is 0. The summed E-state index contributed by atoms with van der Waals surface area (Å²) in [7, 11) is 0. The Morgan fingerprint density at radius 1 is 1.17 bits per heavy atom. The molecule has 0 bridgehead atoms. The van der Waals surface area contributed by atoms with Gasteiger partial charge in [-0.05, 0) is 44.2 Å². The quantitative estimate of drug-likeness (QED) is 0.767. The van der Waals surface area contributed by atoms with E-state index >= 15 is 0 Å². The van der Waals surface area contributed by atoms with Crippen LogP contribution in [0, 0.1) is 11.8 Å². The Morgan fingerprint density at radius 3 is 2.66 bits per heavy atom. The molecule has 0 spiro atoms. The average Bonchev–Trinajstić information content (AvgIpc) is 2.98. The monoisotopic (exact) mass is 392 g/mol. The number of hydrogen-bond donors (Lipinski definition) is 2. The van der Waals surface area contributed by atoms with Crippen molar-refractivity contribution in [1.82, 2.24) is 5.32 Å². The van der Waals surface area contributed by atoms with E-state index in [1.54, 1.807) is 30.3 Å². The summed E-state index contributed by atoms with van der Waals surface area (Å²) in [5, 5.41) is 5.40. The number of ether oxygens (including phenoxy) is 2. The van der Waals surface area contributed by atoms with Gasteiger partial charge in [0.1, 0.15) is 5.60 Å². The zero-order chi connectivity index (χ0) is 20.9. The Balaban J connectivity index is 1.46. The first kappa shape index (κ1) is 20.3. The van der Waals surface area contributed by atoms with Crippen molar-refractivity contribution in [2.24, 2.45) is 0 Å². The summed E-state index contributed by atoms with van der Waals surface area (Å²) in [4.78, 5) is 23.0. The molecule has 29 heavy (non-hydrogen) atoms. The van der Waals surface area contributed by atoms with Crippen LogP contribution in [0.4, 0.5) is 5.69 Å². The molecule has 6 heteroatoms. The molecule has 1 aliphatic heterocycles. The number of benzene rings is 2. The van der Waals surface area contributed by atoms with Crippen molar-refractivity contribution in [1.29, 1.82) is 0 Å². The highest BCUT2D eigenvalue weighted by molar-refractivity contribution is 5.88. The lowest BCUT2D eigenvalue weighted by Gasteiger charge is -2.18. The summed E-state index contributed by atoms with van der Waals surface area (Å²) < 4.78 is 11.6. The fraction of sp³-hybridized carbons (Fsp3) is 0.304. The molecule has 3 rings (SSSR count). The predicted octanol–water partition coefficient (Wildman–Crippen LogP) is 2.91. The molecule has 0 aromatic heterocycles. The second-order valence-corrected chi connectivity index (χ2v) is 7.41. The Kier molecular flexibility index (Phi) is 6.08. The van der Waals surface area contributed by atoms with E-state index in [0.29, 0.717) is 17.2 Å². The van der Waals surface area contributed by atoms with Gasteiger partial charge < -0.3 is 20.1 Å². The van der Waals surface area contributed by atoms with Gasteiger partial charge in [0.15, 0.2) is 18.1 Å². The van der Waals surface area contributed by atoms with Crippen molar-refractivity contribution in [2.75, 3.05) is 18.5 Å². The molecule has 0 aliphatic carbocycles. The number of amides is 2. The lowest BCUT2D eigenvalue weighted by Crippen LogP contribution is -2.29. The third-order valence-corrected chi connectivity index (χ3v) is 4.23. The molecule has 2 N–H and O–H groups in total. The largest absolute Gasteiger partial charge is 0.483 e. The fourth-order valence-corrected chi connectivity index (χ4v) is 3.02. The summed E-state index contributed by atoms with van der Waals surface area (Å²) in [6.45, 7) is 5.61. The third kappa shape index (κ3) is 5.76. The van der Waals surface area contributed by atoms with E-state index in [9.17, 15) is 9.59 Å². The van der Waals surface area contributed by atoms with Gasteiger partial charge in [-0.1, -0.05) is 24.0 Å². The lowest BCUT2D eigenvalue weighted by molar-refractivity contribution is -0.122. The van der Waals surface area contributed by atoms with Gasteiger partial charge in [-0.2, -0.15) is 0 Å². The van der Waals surface area contributed by atoms with E-state index in [2.05, 4.69) is 22.5 Å². The van der Waals surface area contributed by atoms with Crippen LogP contribution >= 0.6 is 0 Å². The van der Waals surface area contributed by atoms with Crippen LogP contribution in [0.25, 0.3) is 0 Å². The van der Waals surface area contributed by atoms with Crippen molar-refractivity contribution in [3.8, 4) is 23.3 Å². The molecule has 2 aromatic carbocycles. The first-order valence-electron chi connectivity index (χ1n) is 9.39. The van der Waals surface area contributed by atoms with Crippen LogP contribution in [0.1, 0.15) is 31.9 Å². The highest BCUT2D eigenvalue weighted by atomic mass is 16.5. The molecule has 2 aromatic rings. The molecule has 0 radical (unpaired) electrons. The zero-order valence-corrected chi connectivity index (χ0v) is 16.8. The van der Waals surface area contributed by atoms with E-state index in [4.69, 9.17) is 9.47 Å². The topological polar surface area (TPSA) is 76.7 Å². The number of rotatable bonds is 5. The summed E-state index contributed by atoms with van der Waals surface area (Å²) in [6.07, 6.45) is 0.813. The zero-order valence-electron chi connectivity index (χ0n) is 16.8. The SMILES string of the molecule is CC(=O)Nc1ccc(C#CCNC(=O)COc2cccc3c2OC(C)(C)C3)cc1. The van der Waals surface area contributed by atoms with E-state index < -0.39 is 0 Å². The molecule has 150 valence electrons. The maximum atomic E-state index is 12.0. The third-order valence-electron chi connectivity index (χ3n) is 4.23. The number of carbonyl (C=O) groups is 2. The fourth-order valence-electron chi connectivity index (χ4n) is 3.02. The van der Waals surface area contributed by atoms with E-state index in [0.717, 1.165) is 17.5 Å². The first-order valence-corrected chi connectivity index (χ1v) is 9.39. The van der Waals surface area contributed by atoms with Crippen molar-refractivity contribution in [2.45, 2.75) is 32.8 Å². The second kappa shape index (κ2) is 8.70. The van der Waals surface area contributed by atoms with Crippen LogP contribution in [-0.4, -0.2) is 30.6 Å². The number of hydrogen-bond acceptors (Lipinski definition) is 4. The normalized spacial score (nSPS) is 13.3. The van der Waals surface area contributed by atoms with Crippen LogP contribution in [0.3, 0.4) is 0 Å². The minimum Gasteiger partial charge on any atom is -0.483 e. The molecule has 0 saturated heterocycles. The van der Waals surface area contributed by atoms with Gasteiger partial charge >= 0.3 is 0 Å². The predicted molar refractivity (Wildman–Crippen MR) is 111 cm³/mol. The number of anilines is 1. The molecular weight excluding hydrogens is 368 g/mol. The van der Waals surface area contributed by atoms with Crippen LogP contribution in [0.2, 0.25) is 0 Å². The Morgan fingerprint density at radius 2 is 1.93 bits per heavy atom. The minimum atomic E-state index is -0.264. The second-order valence-electron chi connectivity index (χ2n) is 7.41. The van der Waals surface area contributed by atoms with Crippen molar-refractivity contribution in [3.63, 3.8) is 0 Å². The van der Waals surface area contributed by atoms with Crippen LogP contribution < -0.4 is 20.1 Å². The molecule has 0 fully saturated rings. The molecule has 0 saturated carbocycles. The van der Waals surface area contributed by atoms with Crippen LogP contribution in [-0.2, 0) is 16.0 Å². The number of nitrogens with one attached hydrogen (secondary N) is 2. The summed E-state index contributed by atoms with van der Waals surface area (Å²) in [5.74, 6) is 6.77. The van der Waals surface area contributed by atoms with Gasteiger partial charge in [0.25, 0.3) is 5.91 Å². The van der Waals surface area contributed by atoms with Crippen LogP contribution in [0.5, 0.6) is 11.5 Å². The van der Waals surface area contributed by atoms with Gasteiger partial charge in [-0.3, -0.25) is 9.59 Å². The summed E-state index contributed by atoms with van der Waals surface area (Å²) in [6, 6.07) is 12.9. The highest BCUT2D eigenvalue weighted by Crippen LogP contribution is 2.41. The molecule has 2 amide bonds. The summed E-state index contributed by atoms with van der Waals surface area (Å²) in [5.41, 5.74) is 2.33. The van der Waals surface area contributed by atoms with Gasteiger partial charge in [0.05, 0.1) is 6.54 Å². The number of carbonyl (C=O) groups excluding carboxylic acids is 2. The molecular formula is C23H24N2O4. The van der Waals surface area contributed by atoms with E-state index in [1.165, 1.54) is 6.92 Å². The van der Waals surface area contributed by atoms with Gasteiger partial charge in [0, 0.05) is 30.2 Å². The van der Waals surface area contributed by atoms with Crippen molar-refractivity contribution < 1.29 is 19.1 Å². The average molecular weight is 392 g/mol. The van der Waals surface area contributed by atoms with E-state index in [1.807, 2.05) is 26.0 Å². The maximum Gasteiger partial charge on any atom is 0.258 e. The highest BCUT2D eigenvalue weighted by Gasteiger charge is 2.32. The van der Waals surface area contributed by atoms with Gasteiger partial charge in [-0.25, -0.2) is 0 Å². The van der Waals surface area contributed by atoms with Crippen molar-refractivity contribution >= 4 is 17.5 Å². The van der Waals surface area contributed by atoms with Crippen molar-refractivity contribution in [3.05, 3.63) is 53.6 Å². The van der Waals surface area contributed by atoms with E-state index in [-0.39, 0.29) is 30.6 Å².